The first kappa shape index (κ1) is 22.6. The SMILES string of the molecule is CCC1CC2C=C(C(C)(C)C)C=C([Si](C)(C)[Si](C)(C)Nc3ccccc3C)C2C1. The van der Waals surface area contributed by atoms with Gasteiger partial charge in [-0.15, -0.1) is 0 Å². The molecule has 2 aliphatic carbocycles. The first-order valence-electron chi connectivity index (χ1n) is 11.6. The maximum absolute atomic E-state index is 4.12. The van der Waals surface area contributed by atoms with Crippen LogP contribution in [0.5, 0.6) is 0 Å². The van der Waals surface area contributed by atoms with Crippen LogP contribution < -0.4 is 4.98 Å². The number of rotatable bonds is 5. The maximum Gasteiger partial charge on any atom is 0.140 e. The molecule has 0 heterocycles. The number of benzene rings is 1. The van der Waals surface area contributed by atoms with E-state index in [4.69, 9.17) is 0 Å². The van der Waals surface area contributed by atoms with Gasteiger partial charge in [0.2, 0.25) is 0 Å². The standard InChI is InChI=1S/C26H43NSi2/c1-10-20-15-21-17-22(26(3,4)5)18-25(23(21)16-20)28(6,7)29(8,9)27-24-14-12-11-13-19(24)2/h11-14,17-18,20-21,23,27H,10,15-16H2,1-9H3. The molecular weight excluding hydrogens is 382 g/mol. The van der Waals surface area contributed by atoms with E-state index in [1.165, 1.54) is 30.5 Å². The summed E-state index contributed by atoms with van der Waals surface area (Å²) in [6.45, 7) is 22.3. The fourth-order valence-corrected chi connectivity index (χ4v) is 13.3. The Bertz CT molecular complexity index is 810. The zero-order valence-corrected chi connectivity index (χ0v) is 22.3. The molecule has 1 fully saturated rings. The van der Waals surface area contributed by atoms with Crippen LogP contribution in [0.1, 0.15) is 52.5 Å². The normalized spacial score (nSPS) is 25.3. The average Bonchev–Trinajstić information content (AvgIpc) is 3.05. The minimum Gasteiger partial charge on any atom is -0.412 e. The van der Waals surface area contributed by atoms with Gasteiger partial charge < -0.3 is 4.98 Å². The van der Waals surface area contributed by atoms with E-state index in [0.717, 1.165) is 17.8 Å². The van der Waals surface area contributed by atoms with Crippen molar-refractivity contribution in [1.82, 2.24) is 0 Å². The number of nitrogens with one attached hydrogen (secondary N) is 1. The van der Waals surface area contributed by atoms with Crippen molar-refractivity contribution in [3.63, 3.8) is 0 Å². The Morgan fingerprint density at radius 3 is 2.28 bits per heavy atom. The summed E-state index contributed by atoms with van der Waals surface area (Å²) in [5, 5.41) is 1.86. The van der Waals surface area contributed by atoms with Crippen LogP contribution >= 0.6 is 0 Å². The molecule has 3 rings (SSSR count). The number of anilines is 1. The molecule has 0 aromatic heterocycles. The summed E-state index contributed by atoms with van der Waals surface area (Å²) >= 11 is 0. The minimum atomic E-state index is -1.68. The topological polar surface area (TPSA) is 12.0 Å². The Labute approximate surface area is 182 Å². The van der Waals surface area contributed by atoms with Gasteiger partial charge in [-0.1, -0.05) is 95.9 Å². The van der Waals surface area contributed by atoms with E-state index in [2.05, 4.69) is 102 Å². The molecule has 3 unspecified atom stereocenters. The highest BCUT2D eigenvalue weighted by molar-refractivity contribution is 7.44. The highest BCUT2D eigenvalue weighted by Gasteiger charge is 2.50. The fourth-order valence-electron chi connectivity index (χ4n) is 5.29. The zero-order chi connectivity index (χ0) is 21.6. The van der Waals surface area contributed by atoms with Gasteiger partial charge in [0.25, 0.3) is 0 Å². The summed E-state index contributed by atoms with van der Waals surface area (Å²) < 4.78 is 0. The van der Waals surface area contributed by atoms with E-state index in [9.17, 15) is 0 Å². The van der Waals surface area contributed by atoms with Gasteiger partial charge in [0.15, 0.2) is 0 Å². The number of fused-ring (bicyclic) bond motifs is 1. The highest BCUT2D eigenvalue weighted by Crippen LogP contribution is 2.51. The fraction of sp³-hybridized carbons (Fsp3) is 0.615. The molecule has 1 saturated carbocycles. The van der Waals surface area contributed by atoms with Gasteiger partial charge in [0.1, 0.15) is 7.75 Å². The van der Waals surface area contributed by atoms with Gasteiger partial charge >= 0.3 is 0 Å². The van der Waals surface area contributed by atoms with Gasteiger partial charge in [0.05, 0.1) is 7.59 Å². The second-order valence-electron chi connectivity index (χ2n) is 11.7. The smallest absolute Gasteiger partial charge is 0.140 e. The lowest BCUT2D eigenvalue weighted by atomic mass is 9.78. The minimum absolute atomic E-state index is 0.236. The van der Waals surface area contributed by atoms with Gasteiger partial charge in [-0.3, -0.25) is 0 Å². The van der Waals surface area contributed by atoms with Crippen molar-refractivity contribution in [1.29, 1.82) is 0 Å². The molecule has 0 saturated heterocycles. The maximum atomic E-state index is 4.12. The zero-order valence-electron chi connectivity index (χ0n) is 20.3. The van der Waals surface area contributed by atoms with Gasteiger partial charge in [-0.25, -0.2) is 0 Å². The molecule has 0 aliphatic heterocycles. The van der Waals surface area contributed by atoms with Crippen LogP contribution in [0.3, 0.4) is 0 Å². The molecule has 160 valence electrons. The lowest BCUT2D eigenvalue weighted by Gasteiger charge is -2.46. The van der Waals surface area contributed by atoms with E-state index >= 15 is 0 Å². The summed E-state index contributed by atoms with van der Waals surface area (Å²) in [7, 11) is -3.31. The molecule has 1 aromatic carbocycles. The quantitative estimate of drug-likeness (QED) is 0.473. The highest BCUT2D eigenvalue weighted by atomic mass is 29.3. The number of allylic oxidation sites excluding steroid dienone is 4. The molecule has 2 aliphatic rings. The molecule has 0 spiro atoms. The molecule has 1 N–H and O–H groups in total. The number of hydrogen-bond donors (Lipinski definition) is 1. The first-order valence-corrected chi connectivity index (χ1v) is 18.6. The number of para-hydroxylation sites is 1. The van der Waals surface area contributed by atoms with Crippen molar-refractivity contribution < 1.29 is 0 Å². The van der Waals surface area contributed by atoms with Crippen molar-refractivity contribution in [2.24, 2.45) is 23.2 Å². The molecule has 29 heavy (non-hydrogen) atoms. The first-order chi connectivity index (χ1) is 13.4. The second-order valence-corrected chi connectivity index (χ2v) is 26.5. The van der Waals surface area contributed by atoms with E-state index in [1.807, 2.05) is 5.20 Å². The molecule has 3 atom stereocenters. The van der Waals surface area contributed by atoms with Crippen molar-refractivity contribution in [3.8, 4) is 0 Å². The molecular formula is C26H43NSi2. The third kappa shape index (κ3) is 4.37. The van der Waals surface area contributed by atoms with Crippen LogP contribution in [0.4, 0.5) is 5.69 Å². The van der Waals surface area contributed by atoms with Gasteiger partial charge in [-0.2, -0.15) is 0 Å². The van der Waals surface area contributed by atoms with Crippen molar-refractivity contribution in [2.45, 2.75) is 80.1 Å². The average molecular weight is 426 g/mol. The Morgan fingerprint density at radius 2 is 1.69 bits per heavy atom. The largest absolute Gasteiger partial charge is 0.412 e. The van der Waals surface area contributed by atoms with Crippen LogP contribution in [0.25, 0.3) is 0 Å². The van der Waals surface area contributed by atoms with E-state index in [-0.39, 0.29) is 5.41 Å². The summed E-state index contributed by atoms with van der Waals surface area (Å²) in [5.41, 5.74) is 4.55. The predicted molar refractivity (Wildman–Crippen MR) is 135 cm³/mol. The Balaban J connectivity index is 2.01. The van der Waals surface area contributed by atoms with Crippen LogP contribution in [-0.4, -0.2) is 15.3 Å². The van der Waals surface area contributed by atoms with Crippen LogP contribution in [-0.2, 0) is 0 Å². The molecule has 0 amide bonds. The lowest BCUT2D eigenvalue weighted by Crippen LogP contribution is -2.63. The summed E-state index contributed by atoms with van der Waals surface area (Å²) in [5.74, 6) is 2.46. The Hall–Kier alpha value is -1.07. The summed E-state index contributed by atoms with van der Waals surface area (Å²) in [4.78, 5) is 4.12. The molecule has 0 radical (unpaired) electrons. The third-order valence-corrected chi connectivity index (χ3v) is 24.7. The molecule has 3 heteroatoms. The third-order valence-electron chi connectivity index (χ3n) is 8.13. The van der Waals surface area contributed by atoms with E-state index in [0.29, 0.717) is 0 Å². The van der Waals surface area contributed by atoms with E-state index < -0.39 is 15.3 Å². The Kier molecular flexibility index (Phi) is 6.15. The summed E-state index contributed by atoms with van der Waals surface area (Å²) in [6.07, 6.45) is 9.49. The van der Waals surface area contributed by atoms with Gasteiger partial charge in [-0.05, 0) is 60.1 Å². The number of hydrogen-bond acceptors (Lipinski definition) is 1. The van der Waals surface area contributed by atoms with Crippen molar-refractivity contribution in [3.05, 3.63) is 52.8 Å². The lowest BCUT2D eigenvalue weighted by molar-refractivity contribution is 0.474. The summed E-state index contributed by atoms with van der Waals surface area (Å²) in [6, 6.07) is 8.83. The predicted octanol–water partition coefficient (Wildman–Crippen LogP) is 7.90. The number of aryl methyl sites for hydroxylation is 1. The molecule has 0 bridgehead atoms. The molecule has 1 aromatic rings. The Morgan fingerprint density at radius 1 is 1.03 bits per heavy atom. The van der Waals surface area contributed by atoms with Crippen LogP contribution in [0.15, 0.2) is 47.2 Å². The van der Waals surface area contributed by atoms with Gasteiger partial charge in [0, 0.05) is 5.69 Å². The van der Waals surface area contributed by atoms with Crippen LogP contribution in [0, 0.1) is 30.1 Å². The second kappa shape index (κ2) is 7.88. The van der Waals surface area contributed by atoms with Crippen LogP contribution in [0.2, 0.25) is 26.2 Å². The van der Waals surface area contributed by atoms with Crippen molar-refractivity contribution >= 4 is 21.0 Å². The molecule has 1 nitrogen and oxygen atoms in total. The van der Waals surface area contributed by atoms with Crippen molar-refractivity contribution in [2.75, 3.05) is 4.98 Å². The monoisotopic (exact) mass is 425 g/mol. The van der Waals surface area contributed by atoms with E-state index in [1.54, 1.807) is 5.57 Å².